The van der Waals surface area contributed by atoms with E-state index in [0.29, 0.717) is 17.4 Å². The molecule has 1 aromatic heterocycles. The molecule has 0 amide bonds. The molecular formula is C25H34N2O5. The van der Waals surface area contributed by atoms with Gasteiger partial charge in [0.25, 0.3) is 11.2 Å². The van der Waals surface area contributed by atoms with Gasteiger partial charge in [0.1, 0.15) is 6.61 Å². The molecule has 7 heteroatoms. The van der Waals surface area contributed by atoms with Crippen LogP contribution in [-0.2, 0) is 6.54 Å². The van der Waals surface area contributed by atoms with E-state index in [1.165, 1.54) is 28.3 Å². The molecule has 0 bridgehead atoms. The Morgan fingerprint density at radius 2 is 1.94 bits per heavy atom. The third-order valence-electron chi connectivity index (χ3n) is 5.38. The zero-order valence-electron chi connectivity index (χ0n) is 19.5. The van der Waals surface area contributed by atoms with Gasteiger partial charge < -0.3 is 14.4 Å². The van der Waals surface area contributed by atoms with Gasteiger partial charge >= 0.3 is 0 Å². The molecule has 174 valence electrons. The average molecular weight is 443 g/mol. The van der Waals surface area contributed by atoms with Gasteiger partial charge in [-0.1, -0.05) is 43.4 Å². The fourth-order valence-corrected chi connectivity index (χ4v) is 3.53. The molecular weight excluding hydrogens is 408 g/mol. The van der Waals surface area contributed by atoms with E-state index < -0.39 is 16.2 Å². The molecule has 0 aliphatic carbocycles. The summed E-state index contributed by atoms with van der Waals surface area (Å²) in [4.78, 5) is 23.7. The lowest BCUT2D eigenvalue weighted by atomic mass is 10.1. The number of pyridine rings is 1. The second kappa shape index (κ2) is 12.1. The summed E-state index contributed by atoms with van der Waals surface area (Å²) < 4.78 is 7.22. The first kappa shape index (κ1) is 25.2. The van der Waals surface area contributed by atoms with Crippen molar-refractivity contribution in [2.75, 3.05) is 6.61 Å². The van der Waals surface area contributed by atoms with Crippen LogP contribution in [0.4, 0.5) is 5.69 Å². The van der Waals surface area contributed by atoms with Crippen LogP contribution in [0.25, 0.3) is 10.9 Å². The summed E-state index contributed by atoms with van der Waals surface area (Å²) in [7, 11) is 0. The molecule has 1 N–H and O–H groups in total. The van der Waals surface area contributed by atoms with Crippen molar-refractivity contribution >= 4 is 16.6 Å². The number of unbranched alkanes of at least 4 members (excludes halogenated alkanes) is 3. The molecule has 0 aliphatic rings. The van der Waals surface area contributed by atoms with Crippen LogP contribution >= 0.6 is 0 Å². The molecule has 0 saturated heterocycles. The van der Waals surface area contributed by atoms with Gasteiger partial charge in [0.05, 0.1) is 10.4 Å². The molecule has 0 atom stereocenters. The Morgan fingerprint density at radius 3 is 2.59 bits per heavy atom. The van der Waals surface area contributed by atoms with Crippen molar-refractivity contribution in [3.63, 3.8) is 0 Å². The van der Waals surface area contributed by atoms with Crippen molar-refractivity contribution in [3.8, 4) is 11.5 Å². The largest absolute Gasteiger partial charge is 0.500 e. The highest BCUT2D eigenvalue weighted by Crippen LogP contribution is 2.34. The van der Waals surface area contributed by atoms with Gasteiger partial charge in [-0.3, -0.25) is 14.9 Å². The SMILES string of the molecule is CCCCCCn1c(=O)c(O)c(OCC=C(C)CCC=C(C)C)c2ccc([N+](=O)[O-])cc21. The highest BCUT2D eigenvalue weighted by molar-refractivity contribution is 5.89. The van der Waals surface area contributed by atoms with E-state index in [1.54, 1.807) is 0 Å². The number of benzene rings is 1. The van der Waals surface area contributed by atoms with Gasteiger partial charge in [0.15, 0.2) is 5.75 Å². The molecule has 32 heavy (non-hydrogen) atoms. The summed E-state index contributed by atoms with van der Waals surface area (Å²) in [6, 6.07) is 4.28. The lowest BCUT2D eigenvalue weighted by molar-refractivity contribution is -0.384. The van der Waals surface area contributed by atoms with Crippen LogP contribution in [0, 0.1) is 10.1 Å². The summed E-state index contributed by atoms with van der Waals surface area (Å²) in [6.07, 6.45) is 9.72. The Balaban J connectivity index is 2.37. The first-order valence-corrected chi connectivity index (χ1v) is 11.2. The lowest BCUT2D eigenvalue weighted by Gasteiger charge is -2.15. The van der Waals surface area contributed by atoms with Gasteiger partial charge in [-0.2, -0.15) is 0 Å². The van der Waals surface area contributed by atoms with E-state index in [2.05, 4.69) is 26.8 Å². The fraction of sp³-hybridized carbons (Fsp3) is 0.480. The fourth-order valence-electron chi connectivity index (χ4n) is 3.53. The highest BCUT2D eigenvalue weighted by Gasteiger charge is 2.19. The molecule has 0 radical (unpaired) electrons. The van der Waals surface area contributed by atoms with Gasteiger partial charge in [0.2, 0.25) is 5.75 Å². The summed E-state index contributed by atoms with van der Waals surface area (Å²) in [5, 5.41) is 22.4. The third kappa shape index (κ3) is 6.70. The predicted octanol–water partition coefficient (Wildman–Crippen LogP) is 6.27. The summed E-state index contributed by atoms with van der Waals surface area (Å²) in [5.74, 6) is -0.393. The minimum Gasteiger partial charge on any atom is -0.500 e. The number of nitro benzene ring substituents is 1. The van der Waals surface area contributed by atoms with E-state index in [1.807, 2.05) is 13.0 Å². The Labute approximate surface area is 189 Å². The predicted molar refractivity (Wildman–Crippen MR) is 129 cm³/mol. The molecule has 2 rings (SSSR count). The molecule has 0 unspecified atom stereocenters. The number of fused-ring (bicyclic) bond motifs is 1. The second-order valence-electron chi connectivity index (χ2n) is 8.34. The van der Waals surface area contributed by atoms with Crippen LogP contribution in [-0.4, -0.2) is 21.2 Å². The van der Waals surface area contributed by atoms with Gasteiger partial charge in [0, 0.05) is 24.1 Å². The highest BCUT2D eigenvalue weighted by atomic mass is 16.6. The van der Waals surface area contributed by atoms with E-state index >= 15 is 0 Å². The number of nitro groups is 1. The van der Waals surface area contributed by atoms with Gasteiger partial charge in [-0.05, 0) is 52.2 Å². The first-order chi connectivity index (χ1) is 15.3. The first-order valence-electron chi connectivity index (χ1n) is 11.2. The summed E-state index contributed by atoms with van der Waals surface area (Å²) in [5.41, 5.74) is 2.12. The van der Waals surface area contributed by atoms with Crippen molar-refractivity contribution < 1.29 is 14.8 Å². The molecule has 0 spiro atoms. The number of rotatable bonds is 12. The smallest absolute Gasteiger partial charge is 0.297 e. The van der Waals surface area contributed by atoms with Crippen molar-refractivity contribution in [2.24, 2.45) is 0 Å². The molecule has 1 heterocycles. The lowest BCUT2D eigenvalue weighted by Crippen LogP contribution is -2.21. The molecule has 0 fully saturated rings. The molecule has 2 aromatic rings. The molecule has 1 aromatic carbocycles. The number of aromatic nitrogens is 1. The number of aromatic hydroxyl groups is 1. The van der Waals surface area contributed by atoms with Crippen LogP contribution in [0.3, 0.4) is 0 Å². The maximum absolute atomic E-state index is 12.9. The Morgan fingerprint density at radius 1 is 1.19 bits per heavy atom. The monoisotopic (exact) mass is 442 g/mol. The van der Waals surface area contributed by atoms with E-state index in [0.717, 1.165) is 44.1 Å². The number of aryl methyl sites for hydroxylation is 1. The van der Waals surface area contributed by atoms with Crippen molar-refractivity contribution in [3.05, 3.63) is 62.0 Å². The average Bonchev–Trinajstić information content (AvgIpc) is 2.75. The minimum absolute atomic E-state index is 0.0676. The van der Waals surface area contributed by atoms with E-state index in [9.17, 15) is 20.0 Å². The number of nitrogens with zero attached hydrogens (tertiary/aromatic N) is 2. The maximum Gasteiger partial charge on any atom is 0.297 e. The Hall–Kier alpha value is -3.09. The van der Waals surface area contributed by atoms with Crippen molar-refractivity contribution in [2.45, 2.75) is 72.8 Å². The normalized spacial score (nSPS) is 11.6. The minimum atomic E-state index is -0.589. The number of allylic oxidation sites excluding steroid dienone is 3. The van der Waals surface area contributed by atoms with E-state index in [-0.39, 0.29) is 18.0 Å². The summed E-state index contributed by atoms with van der Waals surface area (Å²) in [6.45, 7) is 8.81. The zero-order chi connectivity index (χ0) is 23.7. The van der Waals surface area contributed by atoms with E-state index in [4.69, 9.17) is 4.74 Å². The molecule has 0 aliphatic heterocycles. The van der Waals surface area contributed by atoms with Crippen LogP contribution < -0.4 is 10.3 Å². The molecule has 7 nitrogen and oxygen atoms in total. The second-order valence-corrected chi connectivity index (χ2v) is 8.34. The Kier molecular flexibility index (Phi) is 9.50. The van der Waals surface area contributed by atoms with Gasteiger partial charge in [-0.15, -0.1) is 0 Å². The number of hydrogen-bond donors (Lipinski definition) is 1. The quantitative estimate of drug-likeness (QED) is 0.181. The van der Waals surface area contributed by atoms with Crippen molar-refractivity contribution in [1.29, 1.82) is 0 Å². The number of ether oxygens (including phenoxy) is 1. The maximum atomic E-state index is 12.9. The van der Waals surface area contributed by atoms with Crippen molar-refractivity contribution in [1.82, 2.24) is 4.57 Å². The number of non-ortho nitro benzene ring substituents is 1. The Bertz CT molecular complexity index is 1060. The van der Waals surface area contributed by atoms with Crippen LogP contribution in [0.15, 0.2) is 46.3 Å². The topological polar surface area (TPSA) is 94.6 Å². The van der Waals surface area contributed by atoms with Crippen LogP contribution in [0.1, 0.15) is 66.2 Å². The zero-order valence-corrected chi connectivity index (χ0v) is 19.5. The molecule has 0 saturated carbocycles. The van der Waals surface area contributed by atoms with Crippen LogP contribution in [0.5, 0.6) is 11.5 Å². The summed E-state index contributed by atoms with van der Waals surface area (Å²) >= 11 is 0. The van der Waals surface area contributed by atoms with Crippen LogP contribution in [0.2, 0.25) is 0 Å². The van der Waals surface area contributed by atoms with Gasteiger partial charge in [-0.25, -0.2) is 0 Å². The third-order valence-corrected chi connectivity index (χ3v) is 5.38. The number of hydrogen-bond acceptors (Lipinski definition) is 5. The standard InChI is InChI=1S/C25H34N2O5/c1-5-6-7-8-15-26-22-17-20(27(30)31)12-13-21(22)24(23(28)25(26)29)32-16-14-19(4)11-9-10-18(2)3/h10,12-14,17,28H,5-9,11,15-16H2,1-4H3.